The molecule has 0 atom stereocenters. The third kappa shape index (κ3) is 1.04. The minimum atomic E-state index is -0.583. The van der Waals surface area contributed by atoms with Gasteiger partial charge in [0.1, 0.15) is 0 Å². The second-order valence-electron chi connectivity index (χ2n) is 1.29. The lowest BCUT2D eigenvalue weighted by Gasteiger charge is -1.91. The normalized spacial score (nSPS) is 9.00. The number of carbonyl (C=O) groups excluding carboxylic acids is 1. The van der Waals surface area contributed by atoms with Gasteiger partial charge in [-0.3, -0.25) is 0 Å². The van der Waals surface area contributed by atoms with Crippen molar-refractivity contribution in [2.24, 2.45) is 0 Å². The van der Waals surface area contributed by atoms with Crippen LogP contribution in [0.4, 0.5) is 4.79 Å². The number of rotatable bonds is 0. The van der Waals surface area contributed by atoms with Crippen molar-refractivity contribution in [1.82, 2.24) is 15.0 Å². The van der Waals surface area contributed by atoms with Crippen molar-refractivity contribution in [3.63, 3.8) is 0 Å². The van der Waals surface area contributed by atoms with E-state index in [1.165, 1.54) is 19.5 Å². The van der Waals surface area contributed by atoms with E-state index in [9.17, 15) is 4.79 Å². The molecule has 0 saturated heterocycles. The quantitative estimate of drug-likeness (QED) is 0.488. The zero-order valence-electron chi connectivity index (χ0n) is 4.81. The van der Waals surface area contributed by atoms with Crippen LogP contribution < -0.4 is 0 Å². The van der Waals surface area contributed by atoms with Crippen molar-refractivity contribution >= 4 is 6.09 Å². The van der Waals surface area contributed by atoms with Crippen molar-refractivity contribution < 1.29 is 9.53 Å². The summed E-state index contributed by atoms with van der Waals surface area (Å²) in [4.78, 5) is 11.4. The van der Waals surface area contributed by atoms with E-state index in [4.69, 9.17) is 0 Å². The zero-order valence-corrected chi connectivity index (χ0v) is 4.81. The molecule has 5 heteroatoms. The van der Waals surface area contributed by atoms with E-state index in [0.717, 1.165) is 4.80 Å². The summed E-state index contributed by atoms with van der Waals surface area (Å²) in [5.74, 6) is 0. The van der Waals surface area contributed by atoms with Crippen molar-refractivity contribution in [3.05, 3.63) is 12.4 Å². The summed E-state index contributed by atoms with van der Waals surface area (Å²) >= 11 is 0. The SMILES string of the molecule is COC(=O)n1nccn1. The Hall–Kier alpha value is -1.39. The fourth-order valence-corrected chi connectivity index (χ4v) is 0.392. The van der Waals surface area contributed by atoms with E-state index in [2.05, 4.69) is 14.9 Å². The Labute approximate surface area is 51.2 Å². The number of nitrogens with zero attached hydrogens (tertiary/aromatic N) is 3. The molecule has 0 radical (unpaired) electrons. The van der Waals surface area contributed by atoms with Gasteiger partial charge in [0.25, 0.3) is 0 Å². The lowest BCUT2D eigenvalue weighted by molar-refractivity contribution is 0.165. The van der Waals surface area contributed by atoms with Gasteiger partial charge in [0.2, 0.25) is 0 Å². The first-order valence-electron chi connectivity index (χ1n) is 2.29. The summed E-state index contributed by atoms with van der Waals surface area (Å²) in [5.41, 5.74) is 0. The molecule has 0 N–H and O–H groups in total. The summed E-state index contributed by atoms with van der Waals surface area (Å²) in [6.07, 6.45) is 2.22. The molecule has 1 aromatic heterocycles. The smallest absolute Gasteiger partial charge is 0.450 e. The first-order valence-corrected chi connectivity index (χ1v) is 2.29. The van der Waals surface area contributed by atoms with Gasteiger partial charge in [-0.15, -0.1) is 0 Å². The number of methoxy groups -OCH3 is 1. The van der Waals surface area contributed by atoms with Crippen LogP contribution in [0.5, 0.6) is 0 Å². The van der Waals surface area contributed by atoms with Crippen LogP contribution in [0.15, 0.2) is 12.4 Å². The van der Waals surface area contributed by atoms with Crippen LogP contribution in [0.3, 0.4) is 0 Å². The first-order chi connectivity index (χ1) is 4.34. The van der Waals surface area contributed by atoms with E-state index < -0.39 is 6.09 Å². The predicted molar refractivity (Wildman–Crippen MR) is 27.8 cm³/mol. The maximum Gasteiger partial charge on any atom is 0.451 e. The van der Waals surface area contributed by atoms with Crippen molar-refractivity contribution in [1.29, 1.82) is 0 Å². The second-order valence-corrected chi connectivity index (χ2v) is 1.29. The molecule has 0 spiro atoms. The van der Waals surface area contributed by atoms with Gasteiger partial charge < -0.3 is 4.74 Å². The summed E-state index contributed by atoms with van der Waals surface area (Å²) in [7, 11) is 1.27. The highest BCUT2D eigenvalue weighted by Crippen LogP contribution is 1.79. The molecule has 0 aliphatic heterocycles. The Morgan fingerprint density at radius 3 is 2.56 bits per heavy atom. The molecule has 0 aliphatic carbocycles. The molecule has 0 saturated carbocycles. The second kappa shape index (κ2) is 2.25. The average Bonchev–Trinajstić information content (AvgIpc) is 2.37. The third-order valence-electron chi connectivity index (χ3n) is 0.757. The highest BCUT2D eigenvalue weighted by atomic mass is 16.5. The highest BCUT2D eigenvalue weighted by molar-refractivity contribution is 5.67. The molecule has 1 aromatic rings. The Balaban J connectivity index is 2.77. The van der Waals surface area contributed by atoms with Crippen LogP contribution >= 0.6 is 0 Å². The lowest BCUT2D eigenvalue weighted by Crippen LogP contribution is -2.14. The van der Waals surface area contributed by atoms with Crippen LogP contribution in [-0.4, -0.2) is 28.2 Å². The van der Waals surface area contributed by atoms with E-state index in [1.807, 2.05) is 0 Å². The van der Waals surface area contributed by atoms with Gasteiger partial charge in [0.15, 0.2) is 0 Å². The van der Waals surface area contributed by atoms with Gasteiger partial charge in [-0.1, -0.05) is 4.80 Å². The maximum atomic E-state index is 10.5. The summed E-state index contributed by atoms with van der Waals surface area (Å²) < 4.78 is 4.29. The summed E-state index contributed by atoms with van der Waals surface area (Å²) in [6.45, 7) is 0. The molecule has 0 unspecified atom stereocenters. The summed E-state index contributed by atoms with van der Waals surface area (Å²) in [6, 6.07) is 0. The van der Waals surface area contributed by atoms with Gasteiger partial charge in [0, 0.05) is 0 Å². The zero-order chi connectivity index (χ0) is 6.69. The molecule has 0 aliphatic rings. The highest BCUT2D eigenvalue weighted by Gasteiger charge is 2.01. The third-order valence-corrected chi connectivity index (χ3v) is 0.757. The van der Waals surface area contributed by atoms with Gasteiger partial charge >= 0.3 is 6.09 Å². The van der Waals surface area contributed by atoms with E-state index in [0.29, 0.717) is 0 Å². The number of hydrogen-bond donors (Lipinski definition) is 0. The first kappa shape index (κ1) is 5.74. The maximum absolute atomic E-state index is 10.5. The van der Waals surface area contributed by atoms with Crippen molar-refractivity contribution in [3.8, 4) is 0 Å². The molecule has 1 heterocycles. The number of hydrogen-bond acceptors (Lipinski definition) is 4. The van der Waals surface area contributed by atoms with E-state index in [1.54, 1.807) is 0 Å². The average molecular weight is 127 g/mol. The summed E-state index contributed by atoms with van der Waals surface area (Å²) in [5, 5.41) is 7.04. The van der Waals surface area contributed by atoms with Crippen LogP contribution in [0, 0.1) is 0 Å². The van der Waals surface area contributed by atoms with Crippen LogP contribution in [0.2, 0.25) is 0 Å². The number of carbonyl (C=O) groups is 1. The molecule has 0 amide bonds. The number of aromatic nitrogens is 3. The lowest BCUT2D eigenvalue weighted by atomic mass is 11.0. The molecule has 1 rings (SSSR count). The Bertz CT molecular complexity index is 194. The number of ether oxygens (including phenoxy) is 1. The molecule has 5 nitrogen and oxygen atoms in total. The van der Waals surface area contributed by atoms with E-state index >= 15 is 0 Å². The molecule has 0 fully saturated rings. The van der Waals surface area contributed by atoms with Crippen molar-refractivity contribution in [2.75, 3.05) is 7.11 Å². The van der Waals surface area contributed by atoms with Gasteiger partial charge in [-0.2, -0.15) is 10.2 Å². The standard InChI is InChI=1S/C4H5N3O2/c1-9-4(8)7-5-2-3-6-7/h2-3H,1H3. The Kier molecular flexibility index (Phi) is 1.44. The molecule has 0 bridgehead atoms. The van der Waals surface area contributed by atoms with Crippen LogP contribution in [0.25, 0.3) is 0 Å². The Morgan fingerprint density at radius 1 is 1.56 bits per heavy atom. The largest absolute Gasteiger partial charge is 0.451 e. The molecule has 0 aromatic carbocycles. The molecular weight excluding hydrogens is 122 g/mol. The fourth-order valence-electron chi connectivity index (χ4n) is 0.392. The van der Waals surface area contributed by atoms with Gasteiger partial charge in [-0.25, -0.2) is 4.79 Å². The van der Waals surface area contributed by atoms with Crippen molar-refractivity contribution in [2.45, 2.75) is 0 Å². The van der Waals surface area contributed by atoms with Crippen LogP contribution in [-0.2, 0) is 4.74 Å². The molecular formula is C4H5N3O2. The topological polar surface area (TPSA) is 57.0 Å². The van der Waals surface area contributed by atoms with Gasteiger partial charge in [-0.05, 0) is 0 Å². The minimum Gasteiger partial charge on any atom is -0.450 e. The minimum absolute atomic E-state index is 0.583. The molecule has 9 heavy (non-hydrogen) atoms. The Morgan fingerprint density at radius 2 is 2.11 bits per heavy atom. The monoisotopic (exact) mass is 127 g/mol. The van der Waals surface area contributed by atoms with E-state index in [-0.39, 0.29) is 0 Å². The predicted octanol–water partition coefficient (Wildman–Crippen LogP) is -0.107. The van der Waals surface area contributed by atoms with Crippen LogP contribution in [0.1, 0.15) is 0 Å². The molecule has 48 valence electrons. The van der Waals surface area contributed by atoms with Gasteiger partial charge in [0.05, 0.1) is 19.5 Å². The fraction of sp³-hybridized carbons (Fsp3) is 0.250.